The van der Waals surface area contributed by atoms with Gasteiger partial charge < -0.3 is 5.11 Å². The number of aryl methyl sites for hydroxylation is 4. The van der Waals surface area contributed by atoms with Gasteiger partial charge in [-0.05, 0) is 74.6 Å². The molecule has 5 rings (SSSR count). The fourth-order valence-electron chi connectivity index (χ4n) is 6.55. The van der Waals surface area contributed by atoms with Crippen molar-refractivity contribution in [3.63, 3.8) is 0 Å². The van der Waals surface area contributed by atoms with E-state index in [1.807, 2.05) is 84.0 Å². The number of thiophene rings is 1. The first kappa shape index (κ1) is 49.6. The van der Waals surface area contributed by atoms with Gasteiger partial charge >= 0.3 is 24.2 Å². The van der Waals surface area contributed by atoms with Gasteiger partial charge in [0, 0.05) is 59.1 Å². The molecule has 0 aliphatic rings. The van der Waals surface area contributed by atoms with Gasteiger partial charge in [0.05, 0.1) is 5.76 Å². The summed E-state index contributed by atoms with van der Waals surface area (Å²) in [6.45, 7) is 17.8. The van der Waals surface area contributed by atoms with Crippen LogP contribution in [0.5, 0.6) is 0 Å². The maximum atomic E-state index is 15.7. The van der Waals surface area contributed by atoms with E-state index in [2.05, 4.69) is 11.1 Å². The predicted octanol–water partition coefficient (Wildman–Crippen LogP) is 14.6. The smallest absolute Gasteiger partial charge is 0.436 e. The zero-order valence-electron chi connectivity index (χ0n) is 34.1. The van der Waals surface area contributed by atoms with Crippen molar-refractivity contribution >= 4 is 38.0 Å². The van der Waals surface area contributed by atoms with E-state index in [1.54, 1.807) is 13.8 Å². The van der Waals surface area contributed by atoms with Gasteiger partial charge in [-0.1, -0.05) is 81.5 Å². The van der Waals surface area contributed by atoms with Crippen LogP contribution in [0.2, 0.25) is 0 Å². The van der Waals surface area contributed by atoms with Crippen LogP contribution in [0.3, 0.4) is 0 Å². The Hall–Kier alpha value is -3.81. The van der Waals surface area contributed by atoms with E-state index in [1.165, 1.54) is 6.92 Å². The minimum Gasteiger partial charge on any atom is -0.512 e. The third kappa shape index (κ3) is 9.42. The molecule has 0 atom stereocenters. The summed E-state index contributed by atoms with van der Waals surface area (Å²) in [6.07, 6.45) is -16.1. The van der Waals surface area contributed by atoms with Gasteiger partial charge in [-0.2, -0.15) is 39.5 Å². The van der Waals surface area contributed by atoms with Gasteiger partial charge in [-0.3, -0.25) is 9.78 Å². The number of aliphatic hydroxyl groups excluding tert-OH is 1. The van der Waals surface area contributed by atoms with Crippen LogP contribution < -0.4 is 0 Å². The first-order valence-corrected chi connectivity index (χ1v) is 18.9. The van der Waals surface area contributed by atoms with Gasteiger partial charge in [-0.15, -0.1) is 40.5 Å². The number of benzene rings is 3. The molecule has 0 aliphatic carbocycles. The van der Waals surface area contributed by atoms with Crippen molar-refractivity contribution in [2.75, 3.05) is 0 Å². The summed E-state index contributed by atoms with van der Waals surface area (Å²) in [5.74, 6) is -1.84. The molecule has 0 bridgehead atoms. The summed E-state index contributed by atoms with van der Waals surface area (Å²) >= 11 is 1.02. The van der Waals surface area contributed by atoms with Crippen LogP contribution in [0.4, 0.5) is 43.9 Å². The van der Waals surface area contributed by atoms with Crippen molar-refractivity contribution in [2.24, 2.45) is 11.3 Å². The topological polar surface area (TPSA) is 50.2 Å². The molecule has 0 fully saturated rings. The number of hydrogen-bond acceptors (Lipinski definition) is 4. The number of pyridine rings is 1. The van der Waals surface area contributed by atoms with Crippen LogP contribution in [-0.4, -0.2) is 34.4 Å². The normalized spacial score (nSPS) is 13.4. The molecule has 1 radical (unpaired) electrons. The van der Waals surface area contributed by atoms with Crippen LogP contribution in [0, 0.1) is 45.1 Å². The molecule has 0 saturated heterocycles. The molecule has 3 nitrogen and oxygen atoms in total. The minimum atomic E-state index is -6.28. The monoisotopic (exact) mass is 1030 g/mol. The number of nitrogens with zero attached hydrogens (tertiary/aromatic N) is 1. The number of hydrogen-bond donors (Lipinski definition) is 1. The van der Waals surface area contributed by atoms with Crippen molar-refractivity contribution in [2.45, 2.75) is 106 Å². The number of carbonyl (C=O) groups is 1. The molecule has 323 valence electrons. The quantitative estimate of drug-likeness (QED) is 0.0798. The Balaban J connectivity index is 0.000000496. The summed E-state index contributed by atoms with van der Waals surface area (Å²) in [5.41, 5.74) is -5.22. The standard InChI is InChI=1S/C34H29F7NS.C10H15F3O2.Ir/c1-17-12-18(2)26(19(3)13-17)29-20(4)27-25(32(35,33(36,37)38)34(39,40)41)16-42-28(30(27)43-29)22-14-21-10-8-9-11-23(21)24(15-22)31(5,6)7;1-6(2)7(14)5-8(15)9(3,4)10(11,12)13;/h8-13,15-16H,1-7H3;5-6,14H,1-4H3;/q-1;;/b;7-5-;. The van der Waals surface area contributed by atoms with Crippen LogP contribution in [0.1, 0.15) is 81.8 Å². The first-order chi connectivity index (χ1) is 26.3. The number of alkyl halides is 10. The molecule has 0 amide bonds. The minimum absolute atomic E-state index is 0. The Labute approximate surface area is 354 Å². The van der Waals surface area contributed by atoms with Gasteiger partial charge in [0.15, 0.2) is 5.78 Å². The molecule has 3 aromatic carbocycles. The molecule has 5 aromatic rings. The van der Waals surface area contributed by atoms with E-state index in [4.69, 9.17) is 0 Å². The number of rotatable bonds is 6. The second-order valence-electron chi connectivity index (χ2n) is 16.3. The number of aliphatic hydroxyl groups is 1. The summed E-state index contributed by atoms with van der Waals surface area (Å²) in [4.78, 5) is 15.9. The number of aromatic nitrogens is 1. The number of allylic oxidation sites excluding steroid dienone is 2. The van der Waals surface area contributed by atoms with E-state index < -0.39 is 46.3 Å². The van der Waals surface area contributed by atoms with Crippen molar-refractivity contribution in [1.82, 2.24) is 4.98 Å². The predicted molar refractivity (Wildman–Crippen MR) is 210 cm³/mol. The van der Waals surface area contributed by atoms with E-state index in [0.29, 0.717) is 33.7 Å². The molecule has 59 heavy (non-hydrogen) atoms. The van der Waals surface area contributed by atoms with Crippen molar-refractivity contribution in [1.29, 1.82) is 0 Å². The maximum Gasteiger partial charge on any atom is 0.436 e. The molecule has 0 spiro atoms. The van der Waals surface area contributed by atoms with Gasteiger partial charge in [0.1, 0.15) is 5.41 Å². The zero-order valence-corrected chi connectivity index (χ0v) is 37.3. The van der Waals surface area contributed by atoms with E-state index >= 15 is 4.39 Å². The number of fused-ring (bicyclic) bond motifs is 2. The summed E-state index contributed by atoms with van der Waals surface area (Å²) in [5, 5.41) is 10.4. The third-order valence-corrected chi connectivity index (χ3v) is 11.4. The molecule has 0 unspecified atom stereocenters. The maximum absolute atomic E-state index is 15.7. The number of carbonyl (C=O) groups excluding carboxylic acids is 1. The first-order valence-electron chi connectivity index (χ1n) is 18.1. The zero-order chi connectivity index (χ0) is 44.3. The number of ketones is 1. The molecule has 0 saturated carbocycles. The molecule has 1 N–H and O–H groups in total. The summed E-state index contributed by atoms with van der Waals surface area (Å²) in [6, 6.07) is 16.3. The molecular weight excluding hydrogens is 989 g/mol. The molecule has 15 heteroatoms. The average Bonchev–Trinajstić information content (AvgIpc) is 3.41. The fourth-order valence-corrected chi connectivity index (χ4v) is 8.06. The third-order valence-electron chi connectivity index (χ3n) is 10.0. The Kier molecular flexibility index (Phi) is 14.2. The fraction of sp³-hybridized carbons (Fsp3) is 0.409. The summed E-state index contributed by atoms with van der Waals surface area (Å²) < 4.78 is 138. The number of halogens is 10. The van der Waals surface area contributed by atoms with Crippen LogP contribution in [-0.2, 0) is 36.0 Å². The van der Waals surface area contributed by atoms with E-state index in [9.17, 15) is 49.4 Å². The van der Waals surface area contributed by atoms with Gasteiger partial charge in [0.2, 0.25) is 0 Å². The Morgan fingerprint density at radius 2 is 1.32 bits per heavy atom. The van der Waals surface area contributed by atoms with Gasteiger partial charge in [-0.25, -0.2) is 4.39 Å². The Bertz CT molecular complexity index is 2360. The SMILES string of the molecule is CC(C)/C(O)=C/C(=O)C(C)(C)C(F)(F)F.Cc1cc(C)c(-c2sc3c(-c4[c-]c5ccccc5c(C(C)(C)C)c4)ncc(C(F)(C(F)(F)F)C(F)(F)F)c3c2C)c(C)c1.[Ir]. The molecular formula is C44H44F10IrNO2S-. The van der Waals surface area contributed by atoms with Crippen molar-refractivity contribution < 1.29 is 73.9 Å². The van der Waals surface area contributed by atoms with Crippen LogP contribution in [0.15, 0.2) is 60.5 Å². The van der Waals surface area contributed by atoms with E-state index in [-0.39, 0.29) is 53.2 Å². The largest absolute Gasteiger partial charge is 0.512 e. The summed E-state index contributed by atoms with van der Waals surface area (Å²) in [7, 11) is 0. The van der Waals surface area contributed by atoms with Crippen LogP contribution in [0.25, 0.3) is 42.6 Å². The van der Waals surface area contributed by atoms with Crippen LogP contribution >= 0.6 is 11.3 Å². The van der Waals surface area contributed by atoms with E-state index in [0.717, 1.165) is 52.8 Å². The molecule has 0 aliphatic heterocycles. The van der Waals surface area contributed by atoms with Crippen molar-refractivity contribution in [3.8, 4) is 21.7 Å². The molecule has 2 heterocycles. The molecule has 2 aromatic heterocycles. The Morgan fingerprint density at radius 3 is 1.80 bits per heavy atom. The Morgan fingerprint density at radius 1 is 0.797 bits per heavy atom. The second-order valence-corrected chi connectivity index (χ2v) is 17.3. The average molecular weight is 1030 g/mol. The van der Waals surface area contributed by atoms with Crippen molar-refractivity contribution in [3.05, 3.63) is 99.9 Å². The second kappa shape index (κ2) is 16.9. The van der Waals surface area contributed by atoms with Gasteiger partial charge in [0.25, 0.3) is 0 Å².